The van der Waals surface area contributed by atoms with Gasteiger partial charge in [-0.15, -0.1) is 0 Å². The van der Waals surface area contributed by atoms with Crippen LogP contribution in [0, 0.1) is 6.92 Å². The summed E-state index contributed by atoms with van der Waals surface area (Å²) in [5.41, 5.74) is 11.6. The molecule has 0 spiro atoms. The highest BCUT2D eigenvalue weighted by Crippen LogP contribution is 2.31. The Hall–Kier alpha value is -1.96. The second kappa shape index (κ2) is 3.81. The minimum absolute atomic E-state index is 0.800. The van der Waals surface area contributed by atoms with E-state index in [0.717, 1.165) is 24.5 Å². The van der Waals surface area contributed by atoms with E-state index in [2.05, 4.69) is 31.2 Å². The highest BCUT2D eigenvalue weighted by molar-refractivity contribution is 5.70. The Morgan fingerprint density at radius 1 is 1.06 bits per heavy atom. The van der Waals surface area contributed by atoms with Gasteiger partial charge in [-0.2, -0.15) is 0 Å². The van der Waals surface area contributed by atoms with Crippen LogP contribution in [-0.4, -0.2) is 6.61 Å². The molecule has 0 saturated heterocycles. The second-order valence-electron chi connectivity index (χ2n) is 4.55. The number of hydrogen-bond donors (Lipinski definition) is 1. The summed E-state index contributed by atoms with van der Waals surface area (Å²) in [7, 11) is 0. The molecule has 0 atom stereocenters. The van der Waals surface area contributed by atoms with Crippen LogP contribution in [0.1, 0.15) is 11.1 Å². The smallest absolute Gasteiger partial charge is 0.122 e. The number of aryl methyl sites for hydroxylation is 1. The number of nitrogens with two attached hydrogens (primary N) is 1. The van der Waals surface area contributed by atoms with E-state index in [1.807, 2.05) is 12.1 Å². The summed E-state index contributed by atoms with van der Waals surface area (Å²) in [6.45, 7) is 2.87. The highest BCUT2D eigenvalue weighted by Gasteiger charge is 2.12. The third kappa shape index (κ3) is 1.86. The van der Waals surface area contributed by atoms with Crippen molar-refractivity contribution >= 4 is 5.69 Å². The van der Waals surface area contributed by atoms with Gasteiger partial charge in [0.1, 0.15) is 5.75 Å². The Bertz CT molecular complexity index is 555. The Morgan fingerprint density at radius 3 is 2.76 bits per heavy atom. The Balaban J connectivity index is 2.09. The van der Waals surface area contributed by atoms with Gasteiger partial charge in [-0.3, -0.25) is 0 Å². The van der Waals surface area contributed by atoms with Crippen LogP contribution in [-0.2, 0) is 6.42 Å². The summed E-state index contributed by atoms with van der Waals surface area (Å²) in [6, 6.07) is 12.5. The van der Waals surface area contributed by atoms with Crippen molar-refractivity contribution in [1.29, 1.82) is 0 Å². The lowest BCUT2D eigenvalue weighted by atomic mass is 10.00. The van der Waals surface area contributed by atoms with Crippen LogP contribution >= 0.6 is 0 Å². The predicted molar refractivity (Wildman–Crippen MR) is 70.2 cm³/mol. The fraction of sp³-hybridized carbons (Fsp3) is 0.200. The molecule has 3 rings (SSSR count). The molecular formula is C15H15NO. The van der Waals surface area contributed by atoms with E-state index in [1.54, 1.807) is 0 Å². The first-order valence-electron chi connectivity index (χ1n) is 5.86. The molecule has 0 bridgehead atoms. The first-order valence-corrected chi connectivity index (χ1v) is 5.86. The van der Waals surface area contributed by atoms with Gasteiger partial charge < -0.3 is 10.5 Å². The Morgan fingerprint density at radius 2 is 1.94 bits per heavy atom. The highest BCUT2D eigenvalue weighted by atomic mass is 16.5. The van der Waals surface area contributed by atoms with E-state index in [9.17, 15) is 0 Å². The molecule has 2 heteroatoms. The van der Waals surface area contributed by atoms with E-state index in [1.165, 1.54) is 22.3 Å². The minimum Gasteiger partial charge on any atom is -0.493 e. The summed E-state index contributed by atoms with van der Waals surface area (Å²) in [6.07, 6.45) is 1.00. The molecule has 0 fully saturated rings. The molecule has 86 valence electrons. The lowest BCUT2D eigenvalue weighted by molar-refractivity contribution is 0.357. The largest absolute Gasteiger partial charge is 0.493 e. The van der Waals surface area contributed by atoms with Crippen molar-refractivity contribution < 1.29 is 4.74 Å². The first-order chi connectivity index (χ1) is 8.22. The molecule has 2 aromatic carbocycles. The van der Waals surface area contributed by atoms with Crippen molar-refractivity contribution in [2.75, 3.05) is 12.3 Å². The number of fused-ring (bicyclic) bond motifs is 1. The molecule has 0 saturated carbocycles. The molecule has 0 aliphatic carbocycles. The molecule has 0 radical (unpaired) electrons. The van der Waals surface area contributed by atoms with Crippen molar-refractivity contribution in [2.24, 2.45) is 0 Å². The van der Waals surface area contributed by atoms with Gasteiger partial charge in [0.2, 0.25) is 0 Å². The van der Waals surface area contributed by atoms with Gasteiger partial charge in [-0.1, -0.05) is 12.1 Å². The zero-order valence-corrected chi connectivity index (χ0v) is 9.86. The maximum absolute atomic E-state index is 5.88. The predicted octanol–water partition coefficient (Wildman–Crippen LogP) is 3.18. The zero-order chi connectivity index (χ0) is 11.8. The lowest BCUT2D eigenvalue weighted by Gasteiger charge is -2.07. The standard InChI is InChI=1S/C15H15NO/c1-10-6-13(9-14(16)7-10)11-2-3-15-12(8-11)4-5-17-15/h2-3,6-9H,4-5,16H2,1H3. The summed E-state index contributed by atoms with van der Waals surface area (Å²) < 4.78 is 5.51. The van der Waals surface area contributed by atoms with E-state index >= 15 is 0 Å². The van der Waals surface area contributed by atoms with Crippen molar-refractivity contribution in [2.45, 2.75) is 13.3 Å². The Kier molecular flexibility index (Phi) is 2.29. The maximum atomic E-state index is 5.88. The van der Waals surface area contributed by atoms with Gasteiger partial charge in [0.05, 0.1) is 6.61 Å². The van der Waals surface area contributed by atoms with E-state index < -0.39 is 0 Å². The number of benzene rings is 2. The summed E-state index contributed by atoms with van der Waals surface area (Å²) >= 11 is 0. The molecule has 0 amide bonds. The average Bonchev–Trinajstić information content (AvgIpc) is 2.74. The molecule has 17 heavy (non-hydrogen) atoms. The third-order valence-corrected chi connectivity index (χ3v) is 3.12. The average molecular weight is 225 g/mol. The van der Waals surface area contributed by atoms with Crippen LogP contribution in [0.25, 0.3) is 11.1 Å². The quantitative estimate of drug-likeness (QED) is 0.756. The number of anilines is 1. The van der Waals surface area contributed by atoms with E-state index in [-0.39, 0.29) is 0 Å². The van der Waals surface area contributed by atoms with Gasteiger partial charge in [0.15, 0.2) is 0 Å². The topological polar surface area (TPSA) is 35.2 Å². The SMILES string of the molecule is Cc1cc(N)cc(-c2ccc3c(c2)CCO3)c1. The molecule has 0 aromatic heterocycles. The van der Waals surface area contributed by atoms with Crippen molar-refractivity contribution in [3.63, 3.8) is 0 Å². The number of nitrogen functional groups attached to an aromatic ring is 1. The first kappa shape index (κ1) is 10.2. The number of hydrogen-bond acceptors (Lipinski definition) is 2. The van der Waals surface area contributed by atoms with Crippen LogP contribution < -0.4 is 10.5 Å². The van der Waals surface area contributed by atoms with Crippen LogP contribution in [0.3, 0.4) is 0 Å². The molecule has 1 heterocycles. The third-order valence-electron chi connectivity index (χ3n) is 3.12. The van der Waals surface area contributed by atoms with E-state index in [0.29, 0.717) is 0 Å². The van der Waals surface area contributed by atoms with Gasteiger partial charge in [-0.25, -0.2) is 0 Å². The molecule has 2 nitrogen and oxygen atoms in total. The molecule has 2 N–H and O–H groups in total. The van der Waals surface area contributed by atoms with E-state index in [4.69, 9.17) is 10.5 Å². The monoisotopic (exact) mass is 225 g/mol. The van der Waals surface area contributed by atoms with Crippen molar-refractivity contribution in [3.8, 4) is 16.9 Å². The van der Waals surface area contributed by atoms with Gasteiger partial charge in [0, 0.05) is 12.1 Å². The molecule has 0 unspecified atom stereocenters. The zero-order valence-electron chi connectivity index (χ0n) is 9.86. The lowest BCUT2D eigenvalue weighted by Crippen LogP contribution is -1.88. The summed E-state index contributed by atoms with van der Waals surface area (Å²) in [5, 5.41) is 0. The fourth-order valence-electron chi connectivity index (χ4n) is 2.35. The number of rotatable bonds is 1. The normalized spacial score (nSPS) is 13.2. The van der Waals surface area contributed by atoms with Crippen LogP contribution in [0.15, 0.2) is 36.4 Å². The van der Waals surface area contributed by atoms with Crippen molar-refractivity contribution in [1.82, 2.24) is 0 Å². The van der Waals surface area contributed by atoms with Gasteiger partial charge in [-0.05, 0) is 53.4 Å². The Labute approximate surface area is 101 Å². The molecule has 1 aliphatic heterocycles. The maximum Gasteiger partial charge on any atom is 0.122 e. The summed E-state index contributed by atoms with van der Waals surface area (Å²) in [5.74, 6) is 1.02. The fourth-order valence-corrected chi connectivity index (χ4v) is 2.35. The van der Waals surface area contributed by atoms with Crippen LogP contribution in [0.4, 0.5) is 5.69 Å². The molecule has 1 aliphatic rings. The summed E-state index contributed by atoms with van der Waals surface area (Å²) in [4.78, 5) is 0. The second-order valence-corrected chi connectivity index (χ2v) is 4.55. The van der Waals surface area contributed by atoms with Gasteiger partial charge >= 0.3 is 0 Å². The number of ether oxygens (including phenoxy) is 1. The minimum atomic E-state index is 0.800. The van der Waals surface area contributed by atoms with Gasteiger partial charge in [0.25, 0.3) is 0 Å². The van der Waals surface area contributed by atoms with Crippen LogP contribution in [0.2, 0.25) is 0 Å². The van der Waals surface area contributed by atoms with Crippen molar-refractivity contribution in [3.05, 3.63) is 47.5 Å². The molecular weight excluding hydrogens is 210 g/mol. The van der Waals surface area contributed by atoms with Crippen LogP contribution in [0.5, 0.6) is 5.75 Å². The molecule has 2 aromatic rings.